The van der Waals surface area contributed by atoms with Crippen molar-refractivity contribution in [3.05, 3.63) is 65.6 Å². The van der Waals surface area contributed by atoms with Crippen molar-refractivity contribution in [3.63, 3.8) is 0 Å². The number of carbonyl (C=O) groups is 1. The molecule has 1 fully saturated rings. The van der Waals surface area contributed by atoms with Gasteiger partial charge in [0.25, 0.3) is 0 Å². The number of benzene rings is 2. The Kier molecular flexibility index (Phi) is 5.06. The van der Waals surface area contributed by atoms with Crippen LogP contribution in [0.2, 0.25) is 0 Å². The van der Waals surface area contributed by atoms with Crippen molar-refractivity contribution in [3.8, 4) is 11.5 Å². The summed E-state index contributed by atoms with van der Waals surface area (Å²) in [6.07, 6.45) is 2.05. The van der Waals surface area contributed by atoms with Crippen molar-refractivity contribution in [2.45, 2.75) is 19.4 Å². The zero-order chi connectivity index (χ0) is 23.2. The minimum atomic E-state index is -0.299. The number of anilines is 1. The molecule has 1 amide bonds. The fourth-order valence-electron chi connectivity index (χ4n) is 4.77. The third kappa shape index (κ3) is 3.62. The molecular weight excluding hydrogens is 451 g/mol. The number of aromatic nitrogens is 4. The molecule has 0 saturated carbocycles. The Labute approximate surface area is 199 Å². The lowest BCUT2D eigenvalue weighted by Crippen LogP contribution is -2.54. The van der Waals surface area contributed by atoms with Crippen LogP contribution in [0.5, 0.6) is 0 Å². The highest BCUT2D eigenvalue weighted by Crippen LogP contribution is 2.34. The van der Waals surface area contributed by atoms with E-state index in [9.17, 15) is 9.18 Å². The van der Waals surface area contributed by atoms with Crippen molar-refractivity contribution in [1.29, 1.82) is 0 Å². The smallest absolute Gasteiger partial charge is 0.227 e. The van der Waals surface area contributed by atoms with E-state index in [0.717, 1.165) is 44.0 Å². The number of hydrogen-bond donors (Lipinski definition) is 2. The molecule has 2 N–H and O–H groups in total. The number of thiazole rings is 1. The third-order valence-corrected chi connectivity index (χ3v) is 7.35. The lowest BCUT2D eigenvalue weighted by molar-refractivity contribution is -0.132. The van der Waals surface area contributed by atoms with Gasteiger partial charge in [0.2, 0.25) is 5.91 Å². The average Bonchev–Trinajstić information content (AvgIpc) is 3.57. The van der Waals surface area contributed by atoms with Crippen molar-refractivity contribution in [2.24, 2.45) is 0 Å². The van der Waals surface area contributed by atoms with Gasteiger partial charge in [0.1, 0.15) is 16.5 Å². The molecule has 1 saturated heterocycles. The molecule has 34 heavy (non-hydrogen) atoms. The number of nitrogens with one attached hydrogen (secondary N) is 2. The quantitative estimate of drug-likeness (QED) is 0.399. The Bertz CT molecular complexity index is 1470. The number of nitrogens with zero attached hydrogens (tertiary/aromatic N) is 4. The van der Waals surface area contributed by atoms with Gasteiger partial charge in [-0.2, -0.15) is 0 Å². The number of carbonyl (C=O) groups excluding carboxylic acids is 1. The van der Waals surface area contributed by atoms with Gasteiger partial charge in [-0.05, 0) is 42.8 Å². The minimum absolute atomic E-state index is 0.0359. The minimum Gasteiger partial charge on any atom is -0.361 e. The molecule has 1 aliphatic heterocycles. The van der Waals surface area contributed by atoms with Gasteiger partial charge in [0.15, 0.2) is 5.82 Å². The van der Waals surface area contributed by atoms with Crippen LogP contribution < -0.4 is 4.90 Å². The molecule has 1 aliphatic rings. The van der Waals surface area contributed by atoms with E-state index in [2.05, 4.69) is 26.8 Å². The molecular formula is C25H23FN6OS. The van der Waals surface area contributed by atoms with E-state index in [-0.39, 0.29) is 24.2 Å². The molecule has 7 nitrogen and oxygen atoms in total. The molecule has 2 aromatic carbocycles. The summed E-state index contributed by atoms with van der Waals surface area (Å²) in [6, 6.07) is 12.6. The molecule has 4 heterocycles. The predicted octanol–water partition coefficient (Wildman–Crippen LogP) is 4.59. The van der Waals surface area contributed by atoms with Crippen LogP contribution in [0.3, 0.4) is 0 Å². The first-order valence-corrected chi connectivity index (χ1v) is 12.1. The van der Waals surface area contributed by atoms with E-state index in [1.165, 1.54) is 12.1 Å². The summed E-state index contributed by atoms with van der Waals surface area (Å²) in [5.41, 5.74) is 6.24. The average molecular weight is 475 g/mol. The Morgan fingerprint density at radius 1 is 1.21 bits per heavy atom. The highest BCUT2D eigenvalue weighted by molar-refractivity contribution is 7.14. The second-order valence-electron chi connectivity index (χ2n) is 8.67. The van der Waals surface area contributed by atoms with Gasteiger partial charge in [-0.3, -0.25) is 4.79 Å². The van der Waals surface area contributed by atoms with Crippen molar-refractivity contribution < 1.29 is 9.18 Å². The predicted molar refractivity (Wildman–Crippen MR) is 133 cm³/mol. The van der Waals surface area contributed by atoms with E-state index in [1.807, 2.05) is 34.7 Å². The number of aromatic amines is 2. The Hall–Kier alpha value is -3.72. The molecule has 0 unspecified atom stereocenters. The largest absolute Gasteiger partial charge is 0.361 e. The summed E-state index contributed by atoms with van der Waals surface area (Å²) >= 11 is 1.59. The van der Waals surface area contributed by atoms with Crippen LogP contribution in [-0.4, -0.2) is 56.4 Å². The lowest BCUT2D eigenvalue weighted by Gasteiger charge is -2.40. The first kappa shape index (κ1) is 20.9. The molecule has 6 rings (SSSR count). The monoisotopic (exact) mass is 474 g/mol. The van der Waals surface area contributed by atoms with Crippen molar-refractivity contribution in [1.82, 2.24) is 24.8 Å². The van der Waals surface area contributed by atoms with E-state index in [4.69, 9.17) is 4.98 Å². The molecule has 0 spiro atoms. The Balaban J connectivity index is 1.18. The van der Waals surface area contributed by atoms with Crippen LogP contribution in [0.1, 0.15) is 12.5 Å². The topological polar surface area (TPSA) is 80.9 Å². The zero-order valence-electron chi connectivity index (χ0n) is 18.6. The fraction of sp³-hybridized carbons (Fsp3) is 0.240. The van der Waals surface area contributed by atoms with Crippen LogP contribution >= 0.6 is 11.3 Å². The van der Waals surface area contributed by atoms with Crippen LogP contribution in [0.4, 0.5) is 9.39 Å². The standard InChI is InChI=1S/C25H23FN6OS/c1-15-13-31(25-23(28-14-34-25)24-29-20-4-2-3-5-21(20)30-24)8-9-32(15)22(33)10-16-12-27-19-7-6-17(26)11-18(16)19/h2-7,11-12,14-15,27H,8-10,13H2,1H3,(H,29,30)/t15-/m1/s1. The number of H-pyrrole nitrogens is 2. The number of fused-ring (bicyclic) bond motifs is 2. The third-order valence-electron chi connectivity index (χ3n) is 6.47. The van der Waals surface area contributed by atoms with Gasteiger partial charge < -0.3 is 19.8 Å². The van der Waals surface area contributed by atoms with E-state index >= 15 is 0 Å². The van der Waals surface area contributed by atoms with Gasteiger partial charge in [0.05, 0.1) is 23.0 Å². The van der Waals surface area contributed by atoms with Crippen molar-refractivity contribution >= 4 is 44.2 Å². The van der Waals surface area contributed by atoms with Crippen LogP contribution in [0, 0.1) is 5.82 Å². The van der Waals surface area contributed by atoms with Crippen LogP contribution in [0.25, 0.3) is 33.5 Å². The number of piperazine rings is 1. The first-order chi connectivity index (χ1) is 16.6. The summed E-state index contributed by atoms with van der Waals surface area (Å²) in [6.45, 7) is 4.12. The van der Waals surface area contributed by atoms with Gasteiger partial charge in [-0.15, -0.1) is 11.3 Å². The molecule has 0 bridgehead atoms. The molecule has 3 aromatic heterocycles. The molecule has 0 aliphatic carbocycles. The molecule has 5 aromatic rings. The van der Waals surface area contributed by atoms with Gasteiger partial charge >= 0.3 is 0 Å². The van der Waals surface area contributed by atoms with Crippen LogP contribution in [0.15, 0.2) is 54.2 Å². The maximum atomic E-state index is 13.7. The summed E-state index contributed by atoms with van der Waals surface area (Å²) in [5, 5.41) is 1.82. The van der Waals surface area contributed by atoms with Crippen LogP contribution in [-0.2, 0) is 11.2 Å². The SMILES string of the molecule is C[C@@H]1CN(c2scnc2-c2nc3ccccc3[nH]2)CCN1C(=O)Cc1c[nH]c2ccc(F)cc12. The molecule has 1 atom stereocenters. The molecule has 9 heteroatoms. The fourth-order valence-corrected chi connectivity index (χ4v) is 5.60. The van der Waals surface area contributed by atoms with Gasteiger partial charge in [-0.1, -0.05) is 12.1 Å². The normalized spacial score (nSPS) is 16.6. The summed E-state index contributed by atoms with van der Waals surface area (Å²) in [7, 11) is 0. The van der Waals surface area contributed by atoms with E-state index in [0.29, 0.717) is 19.6 Å². The summed E-state index contributed by atoms with van der Waals surface area (Å²) < 4.78 is 13.7. The maximum absolute atomic E-state index is 13.7. The van der Waals surface area contributed by atoms with Gasteiger partial charge in [-0.25, -0.2) is 14.4 Å². The summed E-state index contributed by atoms with van der Waals surface area (Å²) in [5.74, 6) is 0.516. The number of rotatable bonds is 4. The molecule has 172 valence electrons. The second-order valence-corrected chi connectivity index (χ2v) is 9.50. The number of hydrogen-bond acceptors (Lipinski definition) is 5. The number of para-hydroxylation sites is 2. The number of amides is 1. The summed E-state index contributed by atoms with van der Waals surface area (Å²) in [4.78, 5) is 33.2. The maximum Gasteiger partial charge on any atom is 0.227 e. The molecule has 0 radical (unpaired) electrons. The second kappa shape index (κ2) is 8.25. The Morgan fingerprint density at radius 2 is 2.09 bits per heavy atom. The number of imidazole rings is 1. The zero-order valence-corrected chi connectivity index (χ0v) is 19.4. The first-order valence-electron chi connectivity index (χ1n) is 11.3. The van der Waals surface area contributed by atoms with Gasteiger partial charge in [0, 0.05) is 42.8 Å². The van der Waals surface area contributed by atoms with E-state index in [1.54, 1.807) is 23.6 Å². The van der Waals surface area contributed by atoms with Crippen molar-refractivity contribution in [2.75, 3.05) is 24.5 Å². The van der Waals surface area contributed by atoms with E-state index < -0.39 is 0 Å². The highest BCUT2D eigenvalue weighted by atomic mass is 32.1. The number of halogens is 1. The lowest BCUT2D eigenvalue weighted by atomic mass is 10.1. The highest BCUT2D eigenvalue weighted by Gasteiger charge is 2.30. The Morgan fingerprint density at radius 3 is 2.94 bits per heavy atom.